The lowest BCUT2D eigenvalue weighted by Crippen LogP contribution is -2.39. The topological polar surface area (TPSA) is 71.5 Å². The predicted molar refractivity (Wildman–Crippen MR) is 126 cm³/mol. The lowest BCUT2D eigenvalue weighted by Gasteiger charge is -2.34. The predicted octanol–water partition coefficient (Wildman–Crippen LogP) is 4.36. The molecule has 1 N–H and O–H groups in total. The number of hydrogen-bond donors (Lipinski definition) is 1. The van der Waals surface area contributed by atoms with E-state index in [1.165, 1.54) is 0 Å². The Morgan fingerprint density at radius 1 is 1.06 bits per heavy atom. The van der Waals surface area contributed by atoms with Crippen molar-refractivity contribution in [3.05, 3.63) is 113 Å². The number of anilines is 1. The first-order chi connectivity index (χ1) is 16.0. The molecule has 0 radical (unpaired) electrons. The van der Waals surface area contributed by atoms with Gasteiger partial charge in [0.2, 0.25) is 0 Å². The lowest BCUT2D eigenvalue weighted by molar-refractivity contribution is 0.0950. The molecule has 0 saturated carbocycles. The number of hydrogen-bond acceptors (Lipinski definition) is 5. The molecule has 2 aromatic carbocycles. The van der Waals surface area contributed by atoms with Gasteiger partial charge in [-0.1, -0.05) is 35.9 Å². The highest BCUT2D eigenvalue weighted by molar-refractivity contribution is 6.13. The number of carbonyl (C=O) groups excluding carboxylic acids is 2. The number of nitrogens with zero attached hydrogens (tertiary/aromatic N) is 2. The highest BCUT2D eigenvalue weighted by Crippen LogP contribution is 2.36. The van der Waals surface area contributed by atoms with E-state index in [1.54, 1.807) is 36.7 Å². The number of fused-ring (bicyclic) bond motifs is 2. The number of aryl methyl sites for hydroxylation is 2. The van der Waals surface area contributed by atoms with E-state index in [4.69, 9.17) is 4.74 Å². The summed E-state index contributed by atoms with van der Waals surface area (Å²) in [5.74, 6) is 1.02. The van der Waals surface area contributed by atoms with Gasteiger partial charge in [0.25, 0.3) is 5.91 Å². The molecular weight excluding hydrogens is 414 g/mol. The van der Waals surface area contributed by atoms with E-state index >= 15 is 0 Å². The van der Waals surface area contributed by atoms with Crippen LogP contribution in [0.25, 0.3) is 0 Å². The zero-order valence-electron chi connectivity index (χ0n) is 18.4. The number of para-hydroxylation sites is 1. The van der Waals surface area contributed by atoms with Gasteiger partial charge in [-0.05, 0) is 55.8 Å². The minimum atomic E-state index is -0.529. The highest BCUT2D eigenvalue weighted by atomic mass is 16.5. The second-order valence-corrected chi connectivity index (χ2v) is 8.17. The van der Waals surface area contributed by atoms with Crippen LogP contribution in [0.5, 0.6) is 5.75 Å². The Bertz CT molecular complexity index is 1310. The summed E-state index contributed by atoms with van der Waals surface area (Å²) >= 11 is 0. The van der Waals surface area contributed by atoms with Gasteiger partial charge < -0.3 is 15.0 Å². The van der Waals surface area contributed by atoms with E-state index in [0.29, 0.717) is 28.3 Å². The van der Waals surface area contributed by atoms with Crippen molar-refractivity contribution >= 4 is 17.5 Å². The third-order valence-electron chi connectivity index (χ3n) is 5.83. The van der Waals surface area contributed by atoms with Gasteiger partial charge in [0, 0.05) is 23.7 Å². The van der Waals surface area contributed by atoms with Crippen molar-refractivity contribution in [1.29, 1.82) is 0 Å². The van der Waals surface area contributed by atoms with Crippen molar-refractivity contribution in [2.24, 2.45) is 0 Å². The van der Waals surface area contributed by atoms with Crippen LogP contribution < -0.4 is 15.0 Å². The number of amides is 1. The van der Waals surface area contributed by atoms with Crippen molar-refractivity contribution in [1.82, 2.24) is 10.3 Å². The van der Waals surface area contributed by atoms with Crippen LogP contribution in [-0.2, 0) is 0 Å². The summed E-state index contributed by atoms with van der Waals surface area (Å²) in [7, 11) is 0. The fraction of sp³-hybridized carbons (Fsp3) is 0.148. The van der Waals surface area contributed by atoms with Gasteiger partial charge in [-0.2, -0.15) is 0 Å². The molecule has 3 aromatic rings. The number of benzene rings is 2. The maximum atomic E-state index is 13.2. The molecule has 1 atom stereocenters. The number of pyridine rings is 1. The molecule has 3 heterocycles. The van der Waals surface area contributed by atoms with Crippen molar-refractivity contribution < 1.29 is 14.3 Å². The van der Waals surface area contributed by atoms with Crippen LogP contribution in [0.1, 0.15) is 31.8 Å². The molecule has 6 nitrogen and oxygen atoms in total. The fourth-order valence-corrected chi connectivity index (χ4v) is 4.02. The minimum Gasteiger partial charge on any atom is -0.481 e. The Kier molecular flexibility index (Phi) is 5.26. The molecule has 5 rings (SSSR count). The summed E-state index contributed by atoms with van der Waals surface area (Å²) in [5.41, 5.74) is 4.49. The van der Waals surface area contributed by atoms with Crippen LogP contribution in [0.3, 0.4) is 0 Å². The highest BCUT2D eigenvalue weighted by Gasteiger charge is 2.35. The zero-order valence-corrected chi connectivity index (χ0v) is 18.4. The summed E-state index contributed by atoms with van der Waals surface area (Å²) in [5, 5.41) is 2.99. The van der Waals surface area contributed by atoms with Gasteiger partial charge in [-0.15, -0.1) is 0 Å². The number of nitrogens with one attached hydrogen (secondary N) is 1. The van der Waals surface area contributed by atoms with Crippen LogP contribution in [0, 0.1) is 13.8 Å². The SMILES string of the molecule is Cc1ccc(C(=O)NCC2=C[C@@H]3Oc4ccccc4C(=O)C3=CN2c2ncccc2C)cc1. The van der Waals surface area contributed by atoms with Crippen molar-refractivity contribution in [2.75, 3.05) is 11.4 Å². The van der Waals surface area contributed by atoms with Crippen LogP contribution in [0.15, 0.2) is 90.4 Å². The first-order valence-electron chi connectivity index (χ1n) is 10.8. The Morgan fingerprint density at radius 3 is 2.64 bits per heavy atom. The molecule has 0 fully saturated rings. The van der Waals surface area contributed by atoms with Gasteiger partial charge in [0.05, 0.1) is 17.7 Å². The van der Waals surface area contributed by atoms with E-state index in [9.17, 15) is 9.59 Å². The molecule has 2 aliphatic rings. The summed E-state index contributed by atoms with van der Waals surface area (Å²) in [6.07, 6.45) is 4.85. The molecule has 1 aromatic heterocycles. The quantitative estimate of drug-likeness (QED) is 0.657. The second kappa shape index (κ2) is 8.39. The summed E-state index contributed by atoms with van der Waals surface area (Å²) in [6, 6.07) is 18.5. The van der Waals surface area contributed by atoms with Crippen LogP contribution in [0.2, 0.25) is 0 Å². The molecule has 164 valence electrons. The molecule has 0 aliphatic carbocycles. The van der Waals surface area contributed by atoms with Crippen LogP contribution in [0.4, 0.5) is 5.82 Å². The van der Waals surface area contributed by atoms with Crippen molar-refractivity contribution in [3.8, 4) is 5.75 Å². The fourth-order valence-electron chi connectivity index (χ4n) is 4.02. The van der Waals surface area contributed by atoms with E-state index in [0.717, 1.165) is 16.8 Å². The third kappa shape index (κ3) is 3.91. The maximum Gasteiger partial charge on any atom is 0.251 e. The van der Waals surface area contributed by atoms with Gasteiger partial charge in [-0.25, -0.2) is 4.98 Å². The Balaban J connectivity index is 1.48. The van der Waals surface area contributed by atoms with Gasteiger partial charge in [-0.3, -0.25) is 9.59 Å². The molecule has 0 bridgehead atoms. The second-order valence-electron chi connectivity index (χ2n) is 8.17. The smallest absolute Gasteiger partial charge is 0.251 e. The number of rotatable bonds is 4. The molecule has 2 aliphatic heterocycles. The minimum absolute atomic E-state index is 0.0700. The van der Waals surface area contributed by atoms with Gasteiger partial charge >= 0.3 is 0 Å². The monoisotopic (exact) mass is 437 g/mol. The average molecular weight is 437 g/mol. The normalized spacial score (nSPS) is 16.7. The standard InChI is InChI=1S/C27H23N3O3/c1-17-9-11-19(12-10-17)27(32)29-15-20-14-24-22(16-30(20)26-18(2)6-5-13-28-26)25(31)21-7-3-4-8-23(21)33-24/h3-14,16,24H,15H2,1-2H3,(H,29,32)/t24-/m0/s1. The van der Waals surface area contributed by atoms with Crippen LogP contribution in [-0.4, -0.2) is 29.3 Å². The Morgan fingerprint density at radius 2 is 1.85 bits per heavy atom. The Hall–Kier alpha value is -4.19. The molecule has 0 saturated heterocycles. The first kappa shape index (κ1) is 20.7. The molecular formula is C27H23N3O3. The molecule has 0 unspecified atom stereocenters. The zero-order chi connectivity index (χ0) is 22.9. The Labute approximate surface area is 192 Å². The van der Waals surface area contributed by atoms with E-state index in [2.05, 4.69) is 10.3 Å². The lowest BCUT2D eigenvalue weighted by atomic mass is 9.93. The van der Waals surface area contributed by atoms with E-state index in [-0.39, 0.29) is 18.2 Å². The first-order valence-corrected chi connectivity index (χ1v) is 10.8. The number of Topliss-reactive ketones (excluding diaryl/α,β-unsaturated/α-hetero) is 1. The van der Waals surface area contributed by atoms with Crippen LogP contribution >= 0.6 is 0 Å². The number of aromatic nitrogens is 1. The number of ether oxygens (including phenoxy) is 1. The molecule has 6 heteroatoms. The van der Waals surface area contributed by atoms with Crippen molar-refractivity contribution in [3.63, 3.8) is 0 Å². The molecule has 1 amide bonds. The van der Waals surface area contributed by atoms with Crippen molar-refractivity contribution in [2.45, 2.75) is 20.0 Å². The largest absolute Gasteiger partial charge is 0.481 e. The summed E-state index contributed by atoms with van der Waals surface area (Å²) in [6.45, 7) is 4.20. The molecule has 33 heavy (non-hydrogen) atoms. The number of carbonyl (C=O) groups is 2. The van der Waals surface area contributed by atoms with Gasteiger partial charge in [0.1, 0.15) is 17.7 Å². The maximum absolute atomic E-state index is 13.2. The number of ketones is 1. The average Bonchev–Trinajstić information content (AvgIpc) is 2.83. The molecule has 0 spiro atoms. The summed E-state index contributed by atoms with van der Waals surface area (Å²) < 4.78 is 6.13. The summed E-state index contributed by atoms with van der Waals surface area (Å²) in [4.78, 5) is 32.3. The third-order valence-corrected chi connectivity index (χ3v) is 5.83. The van der Waals surface area contributed by atoms with Gasteiger partial charge in [0.15, 0.2) is 5.78 Å². The van der Waals surface area contributed by atoms with E-state index in [1.807, 2.05) is 61.2 Å². The van der Waals surface area contributed by atoms with E-state index < -0.39 is 6.10 Å².